The van der Waals surface area contributed by atoms with E-state index in [9.17, 15) is 0 Å². The van der Waals surface area contributed by atoms with Crippen molar-refractivity contribution in [2.75, 3.05) is 6.54 Å². The number of nitrogens with zero attached hydrogens (tertiary/aromatic N) is 2. The summed E-state index contributed by atoms with van der Waals surface area (Å²) in [6, 6.07) is 0. The molecule has 0 amide bonds. The summed E-state index contributed by atoms with van der Waals surface area (Å²) >= 11 is 0. The van der Waals surface area contributed by atoms with Gasteiger partial charge in [0.15, 0.2) is 0 Å². The Labute approximate surface area is 60.6 Å². The van der Waals surface area contributed by atoms with Crippen molar-refractivity contribution in [3.8, 4) is 0 Å². The molecule has 0 saturated carbocycles. The second kappa shape index (κ2) is 2.29. The molecule has 0 atom stereocenters. The third kappa shape index (κ3) is 0.856. The molecule has 1 aliphatic carbocycles. The van der Waals surface area contributed by atoms with Crippen LogP contribution in [0.4, 0.5) is 0 Å². The molecule has 1 aliphatic heterocycles. The van der Waals surface area contributed by atoms with Crippen LogP contribution in [0.3, 0.4) is 0 Å². The van der Waals surface area contributed by atoms with Crippen molar-refractivity contribution in [2.24, 2.45) is 4.99 Å². The fourth-order valence-electron chi connectivity index (χ4n) is 1.12. The van der Waals surface area contributed by atoms with Crippen LogP contribution in [0.5, 0.6) is 0 Å². The standard InChI is InChI=1S/C8H10N2/c1-2-8(3-1)10-6-4-9-5-7-10/h2,4-6H,1,3,7H2. The fraction of sp³-hybridized carbons (Fsp3) is 0.375. The molecule has 52 valence electrons. The Hall–Kier alpha value is -1.05. The SMILES string of the molecule is C1=CN(C2=CCC2)CC=N1. The fourth-order valence-corrected chi connectivity index (χ4v) is 1.12. The highest BCUT2D eigenvalue weighted by Gasteiger charge is 2.11. The zero-order valence-corrected chi connectivity index (χ0v) is 5.83. The first-order valence-electron chi connectivity index (χ1n) is 3.61. The van der Waals surface area contributed by atoms with E-state index in [4.69, 9.17) is 0 Å². The van der Waals surface area contributed by atoms with E-state index in [2.05, 4.69) is 16.0 Å². The Morgan fingerprint density at radius 1 is 1.50 bits per heavy atom. The Balaban J connectivity index is 2.06. The van der Waals surface area contributed by atoms with Crippen LogP contribution in [0.1, 0.15) is 12.8 Å². The van der Waals surface area contributed by atoms with E-state index >= 15 is 0 Å². The molecule has 0 aromatic carbocycles. The second-order valence-corrected chi connectivity index (χ2v) is 2.52. The molecule has 0 fully saturated rings. The van der Waals surface area contributed by atoms with Gasteiger partial charge >= 0.3 is 0 Å². The predicted octanol–water partition coefficient (Wildman–Crippen LogP) is 1.52. The van der Waals surface area contributed by atoms with Crippen LogP contribution in [-0.2, 0) is 0 Å². The second-order valence-electron chi connectivity index (χ2n) is 2.52. The van der Waals surface area contributed by atoms with Crippen molar-refractivity contribution in [1.29, 1.82) is 0 Å². The van der Waals surface area contributed by atoms with Gasteiger partial charge in [0, 0.05) is 24.3 Å². The zero-order valence-electron chi connectivity index (χ0n) is 5.83. The third-order valence-electron chi connectivity index (χ3n) is 1.87. The van der Waals surface area contributed by atoms with Gasteiger partial charge in [-0.05, 0) is 12.8 Å². The van der Waals surface area contributed by atoms with Gasteiger partial charge in [-0.1, -0.05) is 6.08 Å². The molecule has 0 bridgehead atoms. The molecule has 0 N–H and O–H groups in total. The zero-order chi connectivity index (χ0) is 6.81. The smallest absolute Gasteiger partial charge is 0.0576 e. The van der Waals surface area contributed by atoms with Gasteiger partial charge in [-0.3, -0.25) is 4.99 Å². The Kier molecular flexibility index (Phi) is 1.31. The highest BCUT2D eigenvalue weighted by molar-refractivity contribution is 5.62. The average molecular weight is 134 g/mol. The van der Waals surface area contributed by atoms with Crippen LogP contribution in [0, 0.1) is 0 Å². The predicted molar refractivity (Wildman–Crippen MR) is 41.7 cm³/mol. The summed E-state index contributed by atoms with van der Waals surface area (Å²) in [7, 11) is 0. The number of rotatable bonds is 1. The first-order valence-corrected chi connectivity index (χ1v) is 3.61. The van der Waals surface area contributed by atoms with Gasteiger partial charge in [-0.15, -0.1) is 0 Å². The third-order valence-corrected chi connectivity index (χ3v) is 1.87. The summed E-state index contributed by atoms with van der Waals surface area (Å²) in [5.74, 6) is 0. The van der Waals surface area contributed by atoms with E-state index in [0.29, 0.717) is 0 Å². The summed E-state index contributed by atoms with van der Waals surface area (Å²) < 4.78 is 0. The number of allylic oxidation sites excluding steroid dienone is 2. The molecule has 1 heterocycles. The average Bonchev–Trinajstić information content (AvgIpc) is 1.86. The molecular weight excluding hydrogens is 124 g/mol. The lowest BCUT2D eigenvalue weighted by atomic mass is 10.1. The molecule has 0 spiro atoms. The van der Waals surface area contributed by atoms with Gasteiger partial charge < -0.3 is 4.90 Å². The van der Waals surface area contributed by atoms with E-state index < -0.39 is 0 Å². The van der Waals surface area contributed by atoms with E-state index in [-0.39, 0.29) is 0 Å². The molecule has 10 heavy (non-hydrogen) atoms. The quantitative estimate of drug-likeness (QED) is 0.531. The van der Waals surface area contributed by atoms with Crippen LogP contribution in [0.15, 0.2) is 29.2 Å². The van der Waals surface area contributed by atoms with Gasteiger partial charge in [0.2, 0.25) is 0 Å². The minimum atomic E-state index is 0.947. The minimum absolute atomic E-state index is 0.947. The highest BCUT2D eigenvalue weighted by Crippen LogP contribution is 2.22. The number of aliphatic imine (C=N–C) groups is 1. The number of hydrogen-bond donors (Lipinski definition) is 0. The van der Waals surface area contributed by atoms with Crippen molar-refractivity contribution in [3.05, 3.63) is 24.2 Å². The lowest BCUT2D eigenvalue weighted by Gasteiger charge is -2.27. The molecule has 0 saturated heterocycles. The van der Waals surface area contributed by atoms with Crippen LogP contribution < -0.4 is 0 Å². The molecule has 0 aromatic heterocycles. The van der Waals surface area contributed by atoms with Crippen LogP contribution in [0.25, 0.3) is 0 Å². The van der Waals surface area contributed by atoms with Gasteiger partial charge in [-0.2, -0.15) is 0 Å². The summed E-state index contributed by atoms with van der Waals surface area (Å²) in [5, 5.41) is 0. The van der Waals surface area contributed by atoms with Gasteiger partial charge in [-0.25, -0.2) is 0 Å². The van der Waals surface area contributed by atoms with E-state index in [1.54, 1.807) is 0 Å². The Morgan fingerprint density at radius 3 is 2.90 bits per heavy atom. The summed E-state index contributed by atoms with van der Waals surface area (Å²) in [4.78, 5) is 6.23. The van der Waals surface area contributed by atoms with Crippen LogP contribution in [0.2, 0.25) is 0 Å². The van der Waals surface area contributed by atoms with E-state index in [0.717, 1.165) is 6.54 Å². The summed E-state index contributed by atoms with van der Waals surface area (Å²) in [6.07, 6.45) is 10.5. The van der Waals surface area contributed by atoms with E-state index in [1.165, 1.54) is 18.5 Å². The van der Waals surface area contributed by atoms with Crippen molar-refractivity contribution in [2.45, 2.75) is 12.8 Å². The molecule has 2 rings (SSSR count). The maximum Gasteiger partial charge on any atom is 0.0576 e. The maximum atomic E-state index is 3.99. The Morgan fingerprint density at radius 2 is 2.40 bits per heavy atom. The molecular formula is C8H10N2. The maximum absolute atomic E-state index is 3.99. The highest BCUT2D eigenvalue weighted by atomic mass is 15.1. The van der Waals surface area contributed by atoms with Crippen molar-refractivity contribution < 1.29 is 0 Å². The van der Waals surface area contributed by atoms with Crippen LogP contribution in [-0.4, -0.2) is 17.7 Å². The van der Waals surface area contributed by atoms with Gasteiger partial charge in [0.05, 0.1) is 6.54 Å². The lowest BCUT2D eigenvalue weighted by molar-refractivity contribution is 0.475. The molecule has 0 unspecified atom stereocenters. The normalized spacial score (nSPS) is 22.4. The first-order chi connectivity index (χ1) is 4.97. The molecule has 2 heteroatoms. The van der Waals surface area contributed by atoms with Crippen molar-refractivity contribution >= 4 is 6.21 Å². The molecule has 2 aliphatic rings. The number of hydrogen-bond acceptors (Lipinski definition) is 2. The molecule has 0 radical (unpaired) electrons. The molecule has 2 nitrogen and oxygen atoms in total. The van der Waals surface area contributed by atoms with Crippen LogP contribution >= 0.6 is 0 Å². The van der Waals surface area contributed by atoms with Gasteiger partial charge in [0.25, 0.3) is 0 Å². The van der Waals surface area contributed by atoms with Crippen molar-refractivity contribution in [3.63, 3.8) is 0 Å². The summed E-state index contributed by atoms with van der Waals surface area (Å²) in [6.45, 7) is 0.947. The minimum Gasteiger partial charge on any atom is -0.345 e. The topological polar surface area (TPSA) is 15.6 Å². The van der Waals surface area contributed by atoms with E-state index in [1.807, 2.05) is 18.6 Å². The first kappa shape index (κ1) is 5.71. The van der Waals surface area contributed by atoms with Gasteiger partial charge in [0.1, 0.15) is 0 Å². The Bertz CT molecular complexity index is 213. The van der Waals surface area contributed by atoms with Crippen molar-refractivity contribution in [1.82, 2.24) is 4.90 Å². The summed E-state index contributed by atoms with van der Waals surface area (Å²) in [5.41, 5.74) is 1.45. The monoisotopic (exact) mass is 134 g/mol. The lowest BCUT2D eigenvalue weighted by Crippen LogP contribution is -2.23. The largest absolute Gasteiger partial charge is 0.345 e. The molecule has 0 aromatic rings.